The molecule has 1 fully saturated rings. The Bertz CT molecular complexity index is 1350. The molecule has 3 heterocycles. The van der Waals surface area contributed by atoms with Crippen LogP contribution in [-0.4, -0.2) is 40.8 Å². The number of rotatable bonds is 4. The van der Waals surface area contributed by atoms with Crippen LogP contribution in [0.4, 0.5) is 4.39 Å². The van der Waals surface area contributed by atoms with E-state index in [1.165, 1.54) is 11.0 Å². The number of nitrogens with one attached hydrogen (secondary N) is 1. The Labute approximate surface area is 190 Å². The number of pyridine rings is 1. The first-order chi connectivity index (χ1) is 16.0. The summed E-state index contributed by atoms with van der Waals surface area (Å²) < 4.78 is 19.9. The van der Waals surface area contributed by atoms with Gasteiger partial charge in [-0.25, -0.2) is 4.39 Å². The van der Waals surface area contributed by atoms with Gasteiger partial charge in [-0.1, -0.05) is 42.5 Å². The number of hydrogen-bond acceptors (Lipinski definition) is 4. The van der Waals surface area contributed by atoms with Crippen LogP contribution in [0, 0.1) is 12.7 Å². The minimum atomic E-state index is -0.701. The number of hydrogen-bond donors (Lipinski definition) is 1. The topological polar surface area (TPSA) is 75.4 Å². The van der Waals surface area contributed by atoms with E-state index in [-0.39, 0.29) is 17.3 Å². The van der Waals surface area contributed by atoms with E-state index in [2.05, 4.69) is 10.3 Å². The van der Waals surface area contributed by atoms with Crippen molar-refractivity contribution in [2.75, 3.05) is 13.1 Å². The molecule has 1 atom stereocenters. The number of piperazine rings is 1. The smallest absolute Gasteiger partial charge is 0.290 e. The molecular weight excluding hydrogens is 421 g/mol. The van der Waals surface area contributed by atoms with Crippen molar-refractivity contribution in [3.63, 3.8) is 0 Å². The highest BCUT2D eigenvalue weighted by atomic mass is 19.1. The Balaban J connectivity index is 1.46. The molecule has 0 aliphatic carbocycles. The van der Waals surface area contributed by atoms with Gasteiger partial charge in [0.05, 0.1) is 0 Å². The van der Waals surface area contributed by atoms with Crippen molar-refractivity contribution in [1.82, 2.24) is 15.2 Å². The first-order valence-electron chi connectivity index (χ1n) is 10.8. The summed E-state index contributed by atoms with van der Waals surface area (Å²) in [5, 5.41) is 3.41. The van der Waals surface area contributed by atoms with Crippen molar-refractivity contribution in [3.8, 4) is 11.1 Å². The van der Waals surface area contributed by atoms with E-state index >= 15 is 0 Å². The molecule has 0 unspecified atom stereocenters. The molecule has 2 aromatic carbocycles. The van der Waals surface area contributed by atoms with Gasteiger partial charge in [-0.2, -0.15) is 0 Å². The van der Waals surface area contributed by atoms with Crippen LogP contribution in [0.15, 0.2) is 71.4 Å². The predicted molar refractivity (Wildman–Crippen MR) is 122 cm³/mol. The maximum atomic E-state index is 14.2. The van der Waals surface area contributed by atoms with Crippen LogP contribution < -0.4 is 5.32 Å². The van der Waals surface area contributed by atoms with Crippen LogP contribution in [0.3, 0.4) is 0 Å². The van der Waals surface area contributed by atoms with Crippen molar-refractivity contribution >= 4 is 22.8 Å². The number of furan rings is 1. The Kier molecular flexibility index (Phi) is 5.38. The number of carbonyl (C=O) groups excluding carboxylic acids is 2. The summed E-state index contributed by atoms with van der Waals surface area (Å²) in [6, 6.07) is 15.6. The molecule has 1 aliphatic rings. The second-order valence-corrected chi connectivity index (χ2v) is 8.12. The minimum absolute atomic E-state index is 0.0560. The molecule has 33 heavy (non-hydrogen) atoms. The molecule has 1 saturated heterocycles. The Morgan fingerprint density at radius 2 is 2.00 bits per heavy atom. The van der Waals surface area contributed by atoms with Gasteiger partial charge in [-0.15, -0.1) is 0 Å². The molecular formula is C26H22FN3O3. The molecule has 2 amide bonds. The van der Waals surface area contributed by atoms with Crippen LogP contribution in [-0.2, 0) is 11.2 Å². The summed E-state index contributed by atoms with van der Waals surface area (Å²) >= 11 is 0. The van der Waals surface area contributed by atoms with Crippen molar-refractivity contribution < 1.29 is 18.4 Å². The molecule has 1 aliphatic heterocycles. The quantitative estimate of drug-likeness (QED) is 0.515. The van der Waals surface area contributed by atoms with Gasteiger partial charge in [0.1, 0.15) is 6.04 Å². The van der Waals surface area contributed by atoms with E-state index in [1.807, 2.05) is 36.4 Å². The monoisotopic (exact) mass is 443 g/mol. The minimum Gasteiger partial charge on any atom is -0.448 e. The number of aryl methyl sites for hydroxylation is 1. The highest BCUT2D eigenvalue weighted by molar-refractivity contribution is 6.01. The Hall–Kier alpha value is -4.00. The van der Waals surface area contributed by atoms with Crippen LogP contribution in [0.25, 0.3) is 22.1 Å². The predicted octanol–water partition coefficient (Wildman–Crippen LogP) is 4.13. The van der Waals surface area contributed by atoms with Gasteiger partial charge in [0.2, 0.25) is 5.91 Å². The lowest BCUT2D eigenvalue weighted by Gasteiger charge is -2.34. The standard InChI is InChI=1S/C26H22FN3O3/c1-16-20-8-3-9-21(27)24(20)33-23(16)26(32)30-12-11-29-25(31)22(30)14-17-5-2-6-18(13-17)19-7-4-10-28-15-19/h2-10,13,15,22H,11-12,14H2,1H3,(H,29,31)/t22-/m1/s1. The van der Waals surface area contributed by atoms with Gasteiger partial charge in [0.25, 0.3) is 5.91 Å². The Morgan fingerprint density at radius 1 is 1.18 bits per heavy atom. The number of amides is 2. The van der Waals surface area contributed by atoms with Crippen LogP contribution >= 0.6 is 0 Å². The highest BCUT2D eigenvalue weighted by Crippen LogP contribution is 2.29. The number of benzene rings is 2. The molecule has 7 heteroatoms. The third-order valence-corrected chi connectivity index (χ3v) is 6.05. The molecule has 1 N–H and O–H groups in total. The molecule has 2 aromatic heterocycles. The fraction of sp³-hybridized carbons (Fsp3) is 0.192. The molecule has 5 rings (SSSR count). The molecule has 0 bridgehead atoms. The molecule has 166 valence electrons. The molecule has 6 nitrogen and oxygen atoms in total. The van der Waals surface area contributed by atoms with E-state index in [0.717, 1.165) is 16.7 Å². The van der Waals surface area contributed by atoms with Crippen molar-refractivity contribution in [3.05, 3.63) is 89.7 Å². The summed E-state index contributed by atoms with van der Waals surface area (Å²) in [7, 11) is 0. The maximum absolute atomic E-state index is 14.2. The summed E-state index contributed by atoms with van der Waals surface area (Å²) in [5.41, 5.74) is 3.50. The molecule has 0 spiro atoms. The third-order valence-electron chi connectivity index (χ3n) is 6.05. The van der Waals surface area contributed by atoms with Crippen LogP contribution in [0.5, 0.6) is 0 Å². The first-order valence-corrected chi connectivity index (χ1v) is 10.8. The zero-order valence-electron chi connectivity index (χ0n) is 18.0. The van der Waals surface area contributed by atoms with E-state index in [9.17, 15) is 14.0 Å². The van der Waals surface area contributed by atoms with Crippen molar-refractivity contribution in [2.24, 2.45) is 0 Å². The van der Waals surface area contributed by atoms with Crippen LogP contribution in [0.1, 0.15) is 21.7 Å². The lowest BCUT2D eigenvalue weighted by molar-refractivity contribution is -0.127. The van der Waals surface area contributed by atoms with E-state index in [0.29, 0.717) is 30.5 Å². The maximum Gasteiger partial charge on any atom is 0.290 e. The van der Waals surface area contributed by atoms with Crippen molar-refractivity contribution in [1.29, 1.82) is 0 Å². The number of para-hydroxylation sites is 1. The van der Waals surface area contributed by atoms with Gasteiger partial charge in [-0.05, 0) is 35.7 Å². The number of fused-ring (bicyclic) bond motifs is 1. The molecule has 0 saturated carbocycles. The number of aromatic nitrogens is 1. The lowest BCUT2D eigenvalue weighted by Crippen LogP contribution is -2.58. The zero-order chi connectivity index (χ0) is 22.9. The normalized spacial score (nSPS) is 16.1. The average Bonchev–Trinajstić information content (AvgIpc) is 3.18. The van der Waals surface area contributed by atoms with Gasteiger partial charge in [-0.3, -0.25) is 14.6 Å². The summed E-state index contributed by atoms with van der Waals surface area (Å²) in [4.78, 5) is 32.0. The summed E-state index contributed by atoms with van der Waals surface area (Å²) in [5.74, 6) is -1.08. The van der Waals surface area contributed by atoms with E-state index < -0.39 is 17.8 Å². The van der Waals surface area contributed by atoms with Gasteiger partial charge < -0.3 is 14.6 Å². The van der Waals surface area contributed by atoms with Gasteiger partial charge in [0.15, 0.2) is 17.2 Å². The van der Waals surface area contributed by atoms with Gasteiger partial charge >= 0.3 is 0 Å². The fourth-order valence-corrected chi connectivity index (χ4v) is 4.34. The van der Waals surface area contributed by atoms with Gasteiger partial charge in [0, 0.05) is 42.9 Å². The van der Waals surface area contributed by atoms with E-state index in [4.69, 9.17) is 4.42 Å². The van der Waals surface area contributed by atoms with E-state index in [1.54, 1.807) is 31.5 Å². The second-order valence-electron chi connectivity index (χ2n) is 8.12. The highest BCUT2D eigenvalue weighted by Gasteiger charge is 2.36. The number of nitrogens with zero attached hydrogens (tertiary/aromatic N) is 2. The second kappa shape index (κ2) is 8.50. The average molecular weight is 443 g/mol. The zero-order valence-corrected chi connectivity index (χ0v) is 18.0. The molecule has 4 aromatic rings. The summed E-state index contributed by atoms with van der Waals surface area (Å²) in [6.45, 7) is 2.43. The lowest BCUT2D eigenvalue weighted by atomic mass is 9.98. The van der Waals surface area contributed by atoms with Crippen molar-refractivity contribution in [2.45, 2.75) is 19.4 Å². The third kappa shape index (κ3) is 3.86. The Morgan fingerprint density at radius 3 is 2.79 bits per heavy atom. The number of carbonyl (C=O) groups is 2. The summed E-state index contributed by atoms with van der Waals surface area (Å²) in [6.07, 6.45) is 3.85. The van der Waals surface area contributed by atoms with Crippen LogP contribution in [0.2, 0.25) is 0 Å². The number of halogens is 1. The molecule has 0 radical (unpaired) electrons. The SMILES string of the molecule is Cc1c(C(=O)N2CCNC(=O)[C@H]2Cc2cccc(-c3cccnc3)c2)oc2c(F)cccc12. The largest absolute Gasteiger partial charge is 0.448 e. The first kappa shape index (κ1) is 20.9. The fourth-order valence-electron chi connectivity index (χ4n) is 4.34.